The molecule has 0 aliphatic heterocycles. The summed E-state index contributed by atoms with van der Waals surface area (Å²) >= 11 is 0. The second-order valence-electron chi connectivity index (χ2n) is 5.36. The van der Waals surface area contributed by atoms with Crippen molar-refractivity contribution >= 4 is 12.1 Å². The molecule has 1 unspecified atom stereocenters. The van der Waals surface area contributed by atoms with Crippen molar-refractivity contribution < 1.29 is 19.4 Å². The van der Waals surface area contributed by atoms with Crippen molar-refractivity contribution in [2.45, 2.75) is 39.3 Å². The lowest BCUT2D eigenvalue weighted by Gasteiger charge is -2.23. The van der Waals surface area contributed by atoms with Gasteiger partial charge in [-0.1, -0.05) is 30.3 Å². The predicted octanol–water partition coefficient (Wildman–Crippen LogP) is 2.30. The molecule has 1 rings (SSSR count). The van der Waals surface area contributed by atoms with E-state index < -0.39 is 17.7 Å². The van der Waals surface area contributed by atoms with E-state index in [1.54, 1.807) is 0 Å². The second kappa shape index (κ2) is 8.97. The van der Waals surface area contributed by atoms with Crippen LogP contribution in [0.1, 0.15) is 39.3 Å². The molecule has 1 amide bonds. The Hall–Kier alpha value is -2.08. The summed E-state index contributed by atoms with van der Waals surface area (Å²) in [6, 6.07) is 9.38. The molecule has 0 saturated heterocycles. The lowest BCUT2D eigenvalue weighted by atomic mass is 10.1. The maximum Gasteiger partial charge on any atom is 0.408 e. The molecular formula is C15H24N2O4. The van der Waals surface area contributed by atoms with Gasteiger partial charge in [-0.05, 0) is 26.3 Å². The van der Waals surface area contributed by atoms with Gasteiger partial charge in [0, 0.05) is 13.5 Å². The quantitative estimate of drug-likeness (QED) is 0.794. The maximum absolute atomic E-state index is 11.6. The average Bonchev–Trinajstić information content (AvgIpc) is 2.34. The number of benzene rings is 1. The number of nitrogens with two attached hydrogens (primary N) is 1. The van der Waals surface area contributed by atoms with Crippen LogP contribution in [0.4, 0.5) is 4.79 Å². The van der Waals surface area contributed by atoms with Crippen LogP contribution in [0.5, 0.6) is 0 Å². The number of amides is 1. The van der Waals surface area contributed by atoms with E-state index in [4.69, 9.17) is 20.4 Å². The molecule has 1 aromatic rings. The van der Waals surface area contributed by atoms with Gasteiger partial charge in [0.1, 0.15) is 5.60 Å². The summed E-state index contributed by atoms with van der Waals surface area (Å²) in [6.45, 7) is 6.90. The van der Waals surface area contributed by atoms with Crippen LogP contribution in [0, 0.1) is 0 Å². The molecule has 1 aromatic carbocycles. The number of aliphatic carboxylic acids is 1. The zero-order valence-electron chi connectivity index (χ0n) is 12.9. The first-order valence-electron chi connectivity index (χ1n) is 6.59. The number of carboxylic acid groups (broad SMARTS) is 1. The summed E-state index contributed by atoms with van der Waals surface area (Å²) < 4.78 is 5.19. The van der Waals surface area contributed by atoms with Crippen LogP contribution in [-0.4, -0.2) is 29.3 Å². The minimum absolute atomic E-state index is 0.217. The normalized spacial score (nSPS) is 11.7. The molecule has 1 atom stereocenters. The van der Waals surface area contributed by atoms with Crippen molar-refractivity contribution in [2.75, 3.05) is 6.54 Å². The SMILES string of the molecule is CC(=O)O.CC(C)(C)OC(=O)NC(CN)c1ccccc1. The van der Waals surface area contributed by atoms with E-state index in [1.165, 1.54) is 0 Å². The Morgan fingerprint density at radius 3 is 2.14 bits per heavy atom. The first kappa shape index (κ1) is 18.9. The first-order valence-corrected chi connectivity index (χ1v) is 6.59. The molecule has 4 N–H and O–H groups in total. The van der Waals surface area contributed by atoms with Crippen molar-refractivity contribution in [1.29, 1.82) is 0 Å². The van der Waals surface area contributed by atoms with E-state index in [-0.39, 0.29) is 6.04 Å². The van der Waals surface area contributed by atoms with Crippen molar-refractivity contribution in [3.63, 3.8) is 0 Å². The highest BCUT2D eigenvalue weighted by molar-refractivity contribution is 5.68. The molecule has 0 fully saturated rings. The Morgan fingerprint density at radius 1 is 1.29 bits per heavy atom. The summed E-state index contributed by atoms with van der Waals surface area (Å²) in [7, 11) is 0. The number of carbonyl (C=O) groups is 2. The Balaban J connectivity index is 0.000000885. The summed E-state index contributed by atoms with van der Waals surface area (Å²) in [5.41, 5.74) is 6.12. The van der Waals surface area contributed by atoms with Gasteiger partial charge >= 0.3 is 6.09 Å². The highest BCUT2D eigenvalue weighted by atomic mass is 16.6. The lowest BCUT2D eigenvalue weighted by molar-refractivity contribution is -0.134. The van der Waals surface area contributed by atoms with E-state index >= 15 is 0 Å². The topological polar surface area (TPSA) is 102 Å². The molecule has 0 aliphatic rings. The van der Waals surface area contributed by atoms with Crippen molar-refractivity contribution in [3.05, 3.63) is 35.9 Å². The number of nitrogens with one attached hydrogen (secondary N) is 1. The summed E-state index contributed by atoms with van der Waals surface area (Å²) in [4.78, 5) is 20.6. The van der Waals surface area contributed by atoms with Gasteiger partial charge < -0.3 is 20.9 Å². The van der Waals surface area contributed by atoms with E-state index in [0.29, 0.717) is 6.54 Å². The van der Waals surface area contributed by atoms with E-state index in [0.717, 1.165) is 12.5 Å². The van der Waals surface area contributed by atoms with Crippen LogP contribution < -0.4 is 11.1 Å². The number of ether oxygens (including phenoxy) is 1. The smallest absolute Gasteiger partial charge is 0.408 e. The molecule has 0 saturated carbocycles. The molecule has 0 heterocycles. The van der Waals surface area contributed by atoms with Crippen molar-refractivity contribution in [1.82, 2.24) is 5.32 Å². The standard InChI is InChI=1S/C13H20N2O2.C2H4O2/c1-13(2,3)17-12(16)15-11(9-14)10-7-5-4-6-8-10;1-2(3)4/h4-8,11H,9,14H2,1-3H3,(H,15,16);1H3,(H,3,4). The van der Waals surface area contributed by atoms with Crippen molar-refractivity contribution in [2.24, 2.45) is 5.73 Å². The fourth-order valence-corrected chi connectivity index (χ4v) is 1.41. The van der Waals surface area contributed by atoms with Gasteiger partial charge in [-0.15, -0.1) is 0 Å². The van der Waals surface area contributed by atoms with E-state index in [9.17, 15) is 4.79 Å². The van der Waals surface area contributed by atoms with Gasteiger partial charge in [0.15, 0.2) is 0 Å². The number of carbonyl (C=O) groups excluding carboxylic acids is 1. The van der Waals surface area contributed by atoms with Gasteiger partial charge in [0.2, 0.25) is 0 Å². The van der Waals surface area contributed by atoms with E-state index in [1.807, 2.05) is 51.1 Å². The zero-order chi connectivity index (χ0) is 16.5. The first-order chi connectivity index (χ1) is 9.65. The molecule has 0 aromatic heterocycles. The Morgan fingerprint density at radius 2 is 1.76 bits per heavy atom. The highest BCUT2D eigenvalue weighted by Gasteiger charge is 2.19. The number of alkyl carbamates (subject to hydrolysis) is 1. The lowest BCUT2D eigenvalue weighted by Crippen LogP contribution is -2.37. The minimum Gasteiger partial charge on any atom is -0.481 e. The fourth-order valence-electron chi connectivity index (χ4n) is 1.41. The van der Waals surface area contributed by atoms with Gasteiger partial charge in [-0.3, -0.25) is 4.79 Å². The highest BCUT2D eigenvalue weighted by Crippen LogP contribution is 2.13. The van der Waals surface area contributed by atoms with E-state index in [2.05, 4.69) is 5.32 Å². The molecule has 118 valence electrons. The number of rotatable bonds is 3. The molecule has 6 heteroatoms. The summed E-state index contributed by atoms with van der Waals surface area (Å²) in [6.07, 6.45) is -0.447. The van der Waals surface area contributed by atoms with Crippen LogP contribution in [0.2, 0.25) is 0 Å². The van der Waals surface area contributed by atoms with Crippen LogP contribution in [0.25, 0.3) is 0 Å². The summed E-state index contributed by atoms with van der Waals surface area (Å²) in [5, 5.41) is 10.2. The van der Waals surface area contributed by atoms with Crippen LogP contribution in [-0.2, 0) is 9.53 Å². The predicted molar refractivity (Wildman–Crippen MR) is 80.9 cm³/mol. The van der Waals surface area contributed by atoms with Crippen LogP contribution in [0.3, 0.4) is 0 Å². The largest absolute Gasteiger partial charge is 0.481 e. The number of carboxylic acids is 1. The molecule has 21 heavy (non-hydrogen) atoms. The maximum atomic E-state index is 11.6. The molecule has 6 nitrogen and oxygen atoms in total. The Kier molecular flexibility index (Phi) is 8.08. The third kappa shape index (κ3) is 10.4. The molecule has 0 aliphatic carbocycles. The third-order valence-electron chi connectivity index (χ3n) is 2.13. The molecule has 0 spiro atoms. The monoisotopic (exact) mass is 296 g/mol. The van der Waals surface area contributed by atoms with Gasteiger partial charge in [0.05, 0.1) is 6.04 Å². The van der Waals surface area contributed by atoms with Crippen LogP contribution >= 0.6 is 0 Å². The minimum atomic E-state index is -0.833. The molecule has 0 radical (unpaired) electrons. The Bertz CT molecular complexity index is 437. The summed E-state index contributed by atoms with van der Waals surface area (Å²) in [5.74, 6) is -0.833. The van der Waals surface area contributed by atoms with Crippen molar-refractivity contribution in [3.8, 4) is 0 Å². The van der Waals surface area contributed by atoms with Crippen LogP contribution in [0.15, 0.2) is 30.3 Å². The number of hydrogen-bond acceptors (Lipinski definition) is 4. The second-order valence-corrected chi connectivity index (χ2v) is 5.36. The Labute approximate surface area is 125 Å². The van der Waals surface area contributed by atoms with Gasteiger partial charge in [0.25, 0.3) is 5.97 Å². The van der Waals surface area contributed by atoms with Gasteiger partial charge in [-0.2, -0.15) is 0 Å². The number of hydrogen-bond donors (Lipinski definition) is 3. The molecular weight excluding hydrogens is 272 g/mol. The zero-order valence-corrected chi connectivity index (χ0v) is 12.9. The fraction of sp³-hybridized carbons (Fsp3) is 0.467. The molecule has 0 bridgehead atoms. The van der Waals surface area contributed by atoms with Gasteiger partial charge in [-0.25, -0.2) is 4.79 Å². The average molecular weight is 296 g/mol. The third-order valence-corrected chi connectivity index (χ3v) is 2.13.